The lowest BCUT2D eigenvalue weighted by molar-refractivity contribution is 0.0803. The number of hydrogen-bond acceptors (Lipinski definition) is 3. The van der Waals surface area contributed by atoms with Gasteiger partial charge in [-0.15, -0.1) is 11.6 Å². The van der Waals surface area contributed by atoms with Gasteiger partial charge in [0.25, 0.3) is 0 Å². The molecule has 0 radical (unpaired) electrons. The molecule has 1 amide bonds. The van der Waals surface area contributed by atoms with Gasteiger partial charge in [-0.1, -0.05) is 42.5 Å². The number of carbonyl (C=O) groups excluding carboxylic acids is 1. The number of likely N-dealkylation sites (tertiary alicyclic amines) is 1. The molecule has 2 aromatic carbocycles. The maximum atomic E-state index is 12.6. The van der Waals surface area contributed by atoms with Crippen molar-refractivity contribution in [2.75, 3.05) is 13.1 Å². The predicted molar refractivity (Wildman–Crippen MR) is 106 cm³/mol. The van der Waals surface area contributed by atoms with Crippen molar-refractivity contribution < 1.29 is 9.53 Å². The molecule has 0 N–H and O–H groups in total. The Balaban J connectivity index is 1.49. The standard InChI is InChI=1S/C21H22ClN3O2/c22-13-20-23-18-10-4-5-11-19(18)25(20)17-9-6-12-24(14-17)21(26)27-15-16-7-2-1-3-8-16/h1-5,7-8,10-11,17H,6,9,12-15H2. The van der Waals surface area contributed by atoms with E-state index in [-0.39, 0.29) is 12.1 Å². The molecular weight excluding hydrogens is 362 g/mol. The number of rotatable bonds is 4. The lowest BCUT2D eigenvalue weighted by atomic mass is 10.1. The first-order valence-electron chi connectivity index (χ1n) is 9.23. The van der Waals surface area contributed by atoms with Crippen LogP contribution in [0.5, 0.6) is 0 Å². The molecule has 5 nitrogen and oxygen atoms in total. The molecule has 1 aromatic heterocycles. The number of piperidine rings is 1. The van der Waals surface area contributed by atoms with Crippen LogP contribution in [-0.2, 0) is 17.2 Å². The second kappa shape index (κ2) is 8.01. The molecule has 4 rings (SSSR count). The van der Waals surface area contributed by atoms with E-state index < -0.39 is 0 Å². The molecule has 3 aromatic rings. The molecule has 1 unspecified atom stereocenters. The van der Waals surface area contributed by atoms with E-state index >= 15 is 0 Å². The lowest BCUT2D eigenvalue weighted by Crippen LogP contribution is -2.41. The van der Waals surface area contributed by atoms with Gasteiger partial charge >= 0.3 is 6.09 Å². The number of imidazole rings is 1. The summed E-state index contributed by atoms with van der Waals surface area (Å²) in [6.45, 7) is 1.62. The zero-order chi connectivity index (χ0) is 18.6. The molecule has 6 heteroatoms. The summed E-state index contributed by atoms with van der Waals surface area (Å²) < 4.78 is 7.71. The first kappa shape index (κ1) is 17.9. The topological polar surface area (TPSA) is 47.4 Å². The number of halogens is 1. The van der Waals surface area contributed by atoms with Crippen molar-refractivity contribution in [3.63, 3.8) is 0 Å². The second-order valence-electron chi connectivity index (χ2n) is 6.80. The van der Waals surface area contributed by atoms with Crippen LogP contribution in [0, 0.1) is 0 Å². The summed E-state index contributed by atoms with van der Waals surface area (Å²) in [5.74, 6) is 1.20. The van der Waals surface area contributed by atoms with E-state index in [1.807, 2.05) is 48.5 Å². The summed E-state index contributed by atoms with van der Waals surface area (Å²) >= 11 is 6.15. The van der Waals surface area contributed by atoms with Crippen LogP contribution in [0.25, 0.3) is 11.0 Å². The third-order valence-corrected chi connectivity index (χ3v) is 5.25. The van der Waals surface area contributed by atoms with Crippen LogP contribution in [0.4, 0.5) is 4.79 Å². The SMILES string of the molecule is O=C(OCc1ccccc1)N1CCCC(n2c(CCl)nc3ccccc32)C1. The summed E-state index contributed by atoms with van der Waals surface area (Å²) in [7, 11) is 0. The van der Waals surface area contributed by atoms with E-state index in [9.17, 15) is 4.79 Å². The Bertz CT molecular complexity index is 926. The first-order valence-corrected chi connectivity index (χ1v) is 9.77. The minimum Gasteiger partial charge on any atom is -0.445 e. The summed E-state index contributed by atoms with van der Waals surface area (Å²) in [5.41, 5.74) is 3.00. The Morgan fingerprint density at radius 1 is 1.15 bits per heavy atom. The fraction of sp³-hybridized carbons (Fsp3) is 0.333. The minimum atomic E-state index is -0.264. The number of nitrogens with zero attached hydrogens (tertiary/aromatic N) is 3. The fourth-order valence-electron chi connectivity index (χ4n) is 3.74. The van der Waals surface area contributed by atoms with Crippen molar-refractivity contribution in [3.8, 4) is 0 Å². The largest absolute Gasteiger partial charge is 0.445 e. The van der Waals surface area contributed by atoms with Crippen LogP contribution >= 0.6 is 11.6 Å². The number of para-hydroxylation sites is 2. The summed E-state index contributed by atoms with van der Waals surface area (Å²) in [6, 6.07) is 17.9. The van der Waals surface area contributed by atoms with E-state index in [4.69, 9.17) is 16.3 Å². The van der Waals surface area contributed by atoms with Crippen LogP contribution in [0.1, 0.15) is 30.3 Å². The molecule has 0 aliphatic carbocycles. The zero-order valence-corrected chi connectivity index (χ0v) is 15.8. The maximum absolute atomic E-state index is 12.6. The van der Waals surface area contributed by atoms with Crippen molar-refractivity contribution in [2.45, 2.75) is 31.4 Å². The van der Waals surface area contributed by atoms with Gasteiger partial charge in [-0.25, -0.2) is 9.78 Å². The number of aromatic nitrogens is 2. The van der Waals surface area contributed by atoms with Crippen molar-refractivity contribution >= 4 is 28.7 Å². The van der Waals surface area contributed by atoms with Crippen molar-refractivity contribution in [3.05, 3.63) is 66.0 Å². The van der Waals surface area contributed by atoms with Gasteiger partial charge in [0.15, 0.2) is 0 Å². The number of alkyl halides is 1. The van der Waals surface area contributed by atoms with Crippen LogP contribution in [0.2, 0.25) is 0 Å². The van der Waals surface area contributed by atoms with Crippen molar-refractivity contribution in [1.29, 1.82) is 0 Å². The lowest BCUT2D eigenvalue weighted by Gasteiger charge is -2.33. The van der Waals surface area contributed by atoms with Gasteiger partial charge in [-0.2, -0.15) is 0 Å². The molecule has 0 spiro atoms. The molecule has 140 valence electrons. The molecule has 1 aliphatic heterocycles. The second-order valence-corrected chi connectivity index (χ2v) is 7.07. The summed E-state index contributed by atoms with van der Waals surface area (Å²) in [5, 5.41) is 0. The molecule has 1 atom stereocenters. The first-order chi connectivity index (χ1) is 13.3. The van der Waals surface area contributed by atoms with Crippen LogP contribution < -0.4 is 0 Å². The van der Waals surface area contributed by atoms with Gasteiger partial charge < -0.3 is 14.2 Å². The summed E-state index contributed by atoms with van der Waals surface area (Å²) in [6.07, 6.45) is 1.66. The predicted octanol–water partition coefficient (Wildman–Crippen LogP) is 4.75. The Hall–Kier alpha value is -2.53. The Morgan fingerprint density at radius 2 is 1.93 bits per heavy atom. The molecule has 1 saturated heterocycles. The highest BCUT2D eigenvalue weighted by atomic mass is 35.5. The van der Waals surface area contributed by atoms with E-state index in [1.165, 1.54) is 0 Å². The maximum Gasteiger partial charge on any atom is 0.410 e. The third kappa shape index (κ3) is 3.78. The van der Waals surface area contributed by atoms with Gasteiger partial charge in [0.1, 0.15) is 12.4 Å². The quantitative estimate of drug-likeness (QED) is 0.611. The number of carbonyl (C=O) groups is 1. The van der Waals surface area contributed by atoms with Gasteiger partial charge in [0.2, 0.25) is 0 Å². The number of fused-ring (bicyclic) bond motifs is 1. The molecular formula is C21H22ClN3O2. The Morgan fingerprint density at radius 3 is 2.74 bits per heavy atom. The summed E-state index contributed by atoms with van der Waals surface area (Å²) in [4.78, 5) is 19.0. The number of ether oxygens (including phenoxy) is 1. The average Bonchev–Trinajstić information content (AvgIpc) is 3.11. The van der Waals surface area contributed by atoms with Gasteiger partial charge in [0, 0.05) is 13.1 Å². The van der Waals surface area contributed by atoms with E-state index in [2.05, 4.69) is 15.6 Å². The molecule has 2 heterocycles. The normalized spacial score (nSPS) is 17.2. The van der Waals surface area contributed by atoms with Crippen molar-refractivity contribution in [1.82, 2.24) is 14.5 Å². The smallest absolute Gasteiger partial charge is 0.410 e. The van der Waals surface area contributed by atoms with Crippen molar-refractivity contribution in [2.24, 2.45) is 0 Å². The van der Waals surface area contributed by atoms with E-state index in [0.717, 1.165) is 35.3 Å². The van der Waals surface area contributed by atoms with Crippen LogP contribution in [0.3, 0.4) is 0 Å². The van der Waals surface area contributed by atoms with Crippen LogP contribution in [-0.4, -0.2) is 33.6 Å². The van der Waals surface area contributed by atoms with Gasteiger partial charge in [-0.3, -0.25) is 0 Å². The highest BCUT2D eigenvalue weighted by Crippen LogP contribution is 2.29. The average molecular weight is 384 g/mol. The van der Waals surface area contributed by atoms with E-state index in [1.54, 1.807) is 4.90 Å². The molecule has 0 saturated carbocycles. The molecule has 1 aliphatic rings. The minimum absolute atomic E-state index is 0.157. The molecule has 0 bridgehead atoms. The highest BCUT2D eigenvalue weighted by Gasteiger charge is 2.28. The Kier molecular flexibility index (Phi) is 5.30. The number of hydrogen-bond donors (Lipinski definition) is 0. The third-order valence-electron chi connectivity index (χ3n) is 5.01. The van der Waals surface area contributed by atoms with Gasteiger partial charge in [-0.05, 0) is 30.5 Å². The zero-order valence-electron chi connectivity index (χ0n) is 15.1. The molecule has 1 fully saturated rings. The fourth-order valence-corrected chi connectivity index (χ4v) is 3.93. The number of amides is 1. The van der Waals surface area contributed by atoms with Crippen LogP contribution in [0.15, 0.2) is 54.6 Å². The monoisotopic (exact) mass is 383 g/mol. The number of benzene rings is 2. The molecule has 27 heavy (non-hydrogen) atoms. The highest BCUT2D eigenvalue weighted by molar-refractivity contribution is 6.16. The van der Waals surface area contributed by atoms with Gasteiger partial charge in [0.05, 0.1) is 23.0 Å². The Labute approximate surface area is 163 Å². The van der Waals surface area contributed by atoms with E-state index in [0.29, 0.717) is 25.6 Å².